The monoisotopic (exact) mass is 733 g/mol. The summed E-state index contributed by atoms with van der Waals surface area (Å²) in [6, 6.07) is 0. The van der Waals surface area contributed by atoms with Crippen LogP contribution in [-0.4, -0.2) is 11.5 Å². The zero-order valence-corrected chi connectivity index (χ0v) is 20.7. The molecular formula is C4H11Cl6S3W2-3. The van der Waals surface area contributed by atoms with E-state index in [9.17, 15) is 0 Å². The number of hydrogen-bond acceptors (Lipinski definition) is 3. The largest absolute Gasteiger partial charge is 0.813 e. The van der Waals surface area contributed by atoms with E-state index in [0.29, 0.717) is 0 Å². The standard InChI is InChI=1S/2C2H6S.6ClH.H2S.2W/c2*1-2-3;;;;;;;;;/h2*3H,2H2,1H3;6*1H;1H2;;/q;;;;;;;;;2*+3/p-9. The first-order valence-electron chi connectivity index (χ1n) is 2.92. The van der Waals surface area contributed by atoms with E-state index in [2.05, 4.69) is 25.3 Å². The minimum Gasteiger partial charge on any atom is -0.813 e. The first kappa shape index (κ1) is 31.5. The summed E-state index contributed by atoms with van der Waals surface area (Å²) < 4.78 is 0. The van der Waals surface area contributed by atoms with Gasteiger partial charge in [0.25, 0.3) is 0 Å². The summed E-state index contributed by atoms with van der Waals surface area (Å²) in [6.45, 7) is 3.88. The van der Waals surface area contributed by atoms with Crippen LogP contribution >= 0.6 is 56.5 Å². The SMILES string of the molecule is CC[S-].CC[S-].[Cl][W]([Cl])[Cl].[Cl][W]([Cl])[Cl].[SH-]. The molecule has 0 N–H and O–H groups in total. The third-order valence-corrected chi connectivity index (χ3v) is 0. The predicted molar refractivity (Wildman–Crippen MR) is 79.7 cm³/mol. The molecule has 0 rings (SSSR count). The van der Waals surface area contributed by atoms with Gasteiger partial charge in [-0.25, -0.2) is 0 Å². The van der Waals surface area contributed by atoms with Crippen molar-refractivity contribution < 1.29 is 28.4 Å². The Morgan fingerprint density at radius 1 is 0.733 bits per heavy atom. The van der Waals surface area contributed by atoms with Crippen molar-refractivity contribution in [2.45, 2.75) is 13.8 Å². The van der Waals surface area contributed by atoms with E-state index in [-0.39, 0.29) is 13.5 Å². The van der Waals surface area contributed by atoms with E-state index < -0.39 is 28.4 Å². The van der Waals surface area contributed by atoms with Gasteiger partial charge in [-0.05, 0) is 0 Å². The Kier molecular flexibility index (Phi) is 76.0. The van der Waals surface area contributed by atoms with Crippen molar-refractivity contribution in [1.29, 1.82) is 0 Å². The van der Waals surface area contributed by atoms with Crippen LogP contribution in [0.3, 0.4) is 0 Å². The average Bonchev–Trinajstić information content (AvgIpc) is 1.85. The molecule has 0 aromatic carbocycles. The maximum atomic E-state index is 5.00. The predicted octanol–water partition coefficient (Wildman–Crippen LogP) is 4.97. The van der Waals surface area contributed by atoms with E-state index in [1.807, 2.05) is 13.8 Å². The van der Waals surface area contributed by atoms with Gasteiger partial charge in [0.2, 0.25) is 0 Å². The molecule has 0 spiro atoms. The number of hydrogen-bond donors (Lipinski definition) is 0. The van der Waals surface area contributed by atoms with Gasteiger partial charge in [-0.15, -0.1) is 0 Å². The van der Waals surface area contributed by atoms with Crippen molar-refractivity contribution in [3.05, 3.63) is 0 Å². The Balaban J connectivity index is -0.0000000293. The van der Waals surface area contributed by atoms with Crippen LogP contribution in [0.25, 0.3) is 0 Å². The molecule has 11 heteroatoms. The normalized spacial score (nSPS) is 7.20. The van der Waals surface area contributed by atoms with Gasteiger partial charge in [0, 0.05) is 0 Å². The summed E-state index contributed by atoms with van der Waals surface area (Å²) >= 11 is 4.56. The molecular weight excluding hydrogens is 725 g/mol. The first-order chi connectivity index (χ1) is 6.29. The third-order valence-electron chi connectivity index (χ3n) is 0. The molecule has 0 radical (unpaired) electrons. The molecule has 0 aromatic heterocycles. The van der Waals surface area contributed by atoms with Gasteiger partial charge in [-0.1, -0.05) is 13.8 Å². The molecule has 0 aliphatic carbocycles. The van der Waals surface area contributed by atoms with E-state index in [4.69, 9.17) is 56.5 Å². The zero-order chi connectivity index (χ0) is 12.6. The van der Waals surface area contributed by atoms with Crippen molar-refractivity contribution in [2.24, 2.45) is 0 Å². The van der Waals surface area contributed by atoms with Crippen LogP contribution in [0.5, 0.6) is 0 Å². The van der Waals surface area contributed by atoms with Gasteiger partial charge in [-0.3, -0.25) is 0 Å². The minimum atomic E-state index is -2.11. The summed E-state index contributed by atoms with van der Waals surface area (Å²) in [6.07, 6.45) is 0. The molecule has 102 valence electrons. The molecule has 0 nitrogen and oxygen atoms in total. The van der Waals surface area contributed by atoms with Gasteiger partial charge in [0.05, 0.1) is 0 Å². The summed E-state index contributed by atoms with van der Waals surface area (Å²) in [5, 5.41) is 0. The second-order valence-corrected chi connectivity index (χ2v) is 27.5. The molecule has 0 aliphatic rings. The molecule has 0 heterocycles. The Hall–Kier alpha value is 4.17. The van der Waals surface area contributed by atoms with Crippen LogP contribution in [0.1, 0.15) is 13.8 Å². The van der Waals surface area contributed by atoms with Crippen molar-refractivity contribution in [3.63, 3.8) is 0 Å². The van der Waals surface area contributed by atoms with Crippen molar-refractivity contribution >= 4 is 95.3 Å². The molecule has 0 unspecified atom stereocenters. The average molecular weight is 736 g/mol. The number of thiol groups is 1. The van der Waals surface area contributed by atoms with E-state index >= 15 is 0 Å². The molecule has 0 atom stereocenters. The molecule has 0 saturated carbocycles. The molecule has 0 aromatic rings. The van der Waals surface area contributed by atoms with Crippen molar-refractivity contribution in [3.8, 4) is 0 Å². The fourth-order valence-corrected chi connectivity index (χ4v) is 0. The fourth-order valence-electron chi connectivity index (χ4n) is 0. The van der Waals surface area contributed by atoms with Crippen LogP contribution in [0, 0.1) is 0 Å². The smallest absolute Gasteiger partial charge is 0.813 e. The maximum Gasteiger partial charge on any atom is -0.813 e. The number of halogens is 6. The van der Waals surface area contributed by atoms with Crippen molar-refractivity contribution in [1.82, 2.24) is 0 Å². The Morgan fingerprint density at radius 3 is 0.733 bits per heavy atom. The molecule has 0 saturated heterocycles. The van der Waals surface area contributed by atoms with Gasteiger partial charge in [0.15, 0.2) is 0 Å². The van der Waals surface area contributed by atoms with Crippen LogP contribution in [0.2, 0.25) is 0 Å². The second-order valence-electron chi connectivity index (χ2n) is 0.927. The topological polar surface area (TPSA) is 0 Å². The van der Waals surface area contributed by atoms with E-state index in [0.717, 1.165) is 11.5 Å². The molecule has 0 bridgehead atoms. The van der Waals surface area contributed by atoms with Gasteiger partial charge >= 0.3 is 84.9 Å². The minimum absolute atomic E-state index is 0. The third kappa shape index (κ3) is 273. The summed E-state index contributed by atoms with van der Waals surface area (Å²) in [5.74, 6) is 1.67. The Labute approximate surface area is 146 Å². The molecule has 0 amide bonds. The van der Waals surface area contributed by atoms with E-state index in [1.165, 1.54) is 0 Å². The molecule has 0 fully saturated rings. The van der Waals surface area contributed by atoms with Gasteiger partial charge in [0.1, 0.15) is 0 Å². The summed E-state index contributed by atoms with van der Waals surface area (Å²) in [5.41, 5.74) is 0. The fraction of sp³-hybridized carbons (Fsp3) is 1.00. The molecule has 15 heavy (non-hydrogen) atoms. The Morgan fingerprint density at radius 2 is 0.733 bits per heavy atom. The molecule has 0 aliphatic heterocycles. The Bertz CT molecular complexity index is 58.8. The van der Waals surface area contributed by atoms with Crippen LogP contribution in [0.4, 0.5) is 0 Å². The van der Waals surface area contributed by atoms with E-state index in [1.54, 1.807) is 0 Å². The summed E-state index contributed by atoms with van der Waals surface area (Å²) in [7, 11) is 30.0. The zero-order valence-electron chi connectivity index (χ0n) is 7.76. The van der Waals surface area contributed by atoms with Crippen LogP contribution in [0.15, 0.2) is 0 Å². The van der Waals surface area contributed by atoms with Crippen LogP contribution < -0.4 is 0 Å². The quantitative estimate of drug-likeness (QED) is 0.255. The second kappa shape index (κ2) is 36.2. The maximum absolute atomic E-state index is 5.00. The van der Waals surface area contributed by atoms with Gasteiger partial charge in [-0.2, -0.15) is 11.5 Å². The van der Waals surface area contributed by atoms with Crippen molar-refractivity contribution in [2.75, 3.05) is 11.5 Å². The number of rotatable bonds is 0. The van der Waals surface area contributed by atoms with Crippen LogP contribution in [-0.2, 0) is 67.1 Å². The summed E-state index contributed by atoms with van der Waals surface area (Å²) in [4.78, 5) is 0. The van der Waals surface area contributed by atoms with Gasteiger partial charge < -0.3 is 38.8 Å². The first-order valence-corrected chi connectivity index (χ1v) is 25.9.